The van der Waals surface area contributed by atoms with E-state index < -0.39 is 6.17 Å². The van der Waals surface area contributed by atoms with Crippen LogP contribution in [0.25, 0.3) is 0 Å². The molecule has 2 nitrogen and oxygen atoms in total. The van der Waals surface area contributed by atoms with Gasteiger partial charge in [0.1, 0.15) is 17.2 Å². The first-order chi connectivity index (χ1) is 8.06. The van der Waals surface area contributed by atoms with E-state index in [9.17, 15) is 4.39 Å². The van der Waals surface area contributed by atoms with Gasteiger partial charge in [-0.2, -0.15) is 5.26 Å². The summed E-state index contributed by atoms with van der Waals surface area (Å²) in [7, 11) is 0. The summed E-state index contributed by atoms with van der Waals surface area (Å²) in [4.78, 5) is 0.679. The van der Waals surface area contributed by atoms with Crippen molar-refractivity contribution >= 4 is 16.3 Å². The Balaban J connectivity index is 0.000000437. The van der Waals surface area contributed by atoms with E-state index in [1.165, 1.54) is 17.8 Å². The van der Waals surface area contributed by atoms with Gasteiger partial charge in [0.05, 0.1) is 5.56 Å². The molecule has 1 aliphatic rings. The summed E-state index contributed by atoms with van der Waals surface area (Å²) in [6.45, 7) is 6.28. The highest BCUT2D eigenvalue weighted by molar-refractivity contribution is 7.16. The Labute approximate surface area is 106 Å². The van der Waals surface area contributed by atoms with Crippen LogP contribution in [0, 0.1) is 11.3 Å². The summed E-state index contributed by atoms with van der Waals surface area (Å²) in [5, 5.41) is 9.39. The Morgan fingerprint density at radius 3 is 2.59 bits per heavy atom. The van der Waals surface area contributed by atoms with Crippen LogP contribution in [0.5, 0.6) is 0 Å². The third-order valence-corrected chi connectivity index (χ3v) is 3.86. The molecule has 0 aliphatic heterocycles. The van der Waals surface area contributed by atoms with Gasteiger partial charge in [-0.25, -0.2) is 4.39 Å². The lowest BCUT2D eigenvalue weighted by molar-refractivity contribution is 0.297. The van der Waals surface area contributed by atoms with Crippen molar-refractivity contribution < 1.29 is 4.39 Å². The molecule has 1 heterocycles. The molecule has 2 N–H and O–H groups in total. The molecule has 4 heteroatoms. The van der Waals surface area contributed by atoms with E-state index in [1.807, 2.05) is 6.92 Å². The van der Waals surface area contributed by atoms with Crippen LogP contribution >= 0.6 is 11.3 Å². The molecule has 0 amide bonds. The summed E-state index contributed by atoms with van der Waals surface area (Å²) in [5.74, 6) is 0.264. The van der Waals surface area contributed by atoms with Gasteiger partial charge in [-0.1, -0.05) is 27.2 Å². The number of fused-ring (bicyclic) bond motifs is 1. The lowest BCUT2D eigenvalue weighted by Crippen LogP contribution is -2.07. The predicted molar refractivity (Wildman–Crippen MR) is 70.9 cm³/mol. The molecule has 0 bridgehead atoms. The first-order valence-electron chi connectivity index (χ1n) is 6.02. The zero-order valence-electron chi connectivity index (χ0n) is 10.6. The molecule has 1 aromatic heterocycles. The minimum Gasteiger partial charge on any atom is -0.389 e. The highest BCUT2D eigenvalue weighted by Gasteiger charge is 2.30. The fourth-order valence-electron chi connectivity index (χ4n) is 1.99. The lowest BCUT2D eigenvalue weighted by Gasteiger charge is -2.21. The number of nitrogens with two attached hydrogens (primary N) is 1. The minimum atomic E-state index is -0.921. The summed E-state index contributed by atoms with van der Waals surface area (Å²) in [6, 6.07) is 2.07. The molecule has 94 valence electrons. The molecule has 17 heavy (non-hydrogen) atoms. The van der Waals surface area contributed by atoms with Crippen molar-refractivity contribution in [3.63, 3.8) is 0 Å². The highest BCUT2D eigenvalue weighted by Crippen LogP contribution is 2.47. The van der Waals surface area contributed by atoms with Crippen molar-refractivity contribution in [3.8, 4) is 6.07 Å². The Kier molecular flexibility index (Phi) is 4.95. The normalized spacial score (nSPS) is 22.1. The number of hydrogen-bond acceptors (Lipinski definition) is 3. The van der Waals surface area contributed by atoms with Gasteiger partial charge in [0.2, 0.25) is 0 Å². The number of nitrogen functional groups attached to an aromatic ring is 1. The van der Waals surface area contributed by atoms with Gasteiger partial charge in [-0.15, -0.1) is 11.3 Å². The van der Waals surface area contributed by atoms with Gasteiger partial charge in [0.15, 0.2) is 0 Å². The maximum absolute atomic E-state index is 13.5. The maximum Gasteiger partial charge on any atom is 0.135 e. The van der Waals surface area contributed by atoms with E-state index in [1.54, 1.807) is 0 Å². The predicted octanol–water partition coefficient (Wildman–Crippen LogP) is 4.53. The van der Waals surface area contributed by atoms with Gasteiger partial charge in [-0.05, 0) is 24.3 Å². The molecule has 0 aromatic carbocycles. The second-order valence-corrected chi connectivity index (χ2v) is 5.47. The van der Waals surface area contributed by atoms with Crippen molar-refractivity contribution in [1.29, 1.82) is 5.26 Å². The summed E-state index contributed by atoms with van der Waals surface area (Å²) in [6.07, 6.45) is 1.69. The minimum absolute atomic E-state index is 0.264. The number of alkyl halides is 1. The third kappa shape index (κ3) is 2.78. The van der Waals surface area contributed by atoms with Crippen LogP contribution in [0.15, 0.2) is 0 Å². The quantitative estimate of drug-likeness (QED) is 0.739. The van der Waals surface area contributed by atoms with Crippen LogP contribution in [0.4, 0.5) is 9.39 Å². The molecule has 0 saturated heterocycles. The van der Waals surface area contributed by atoms with E-state index in [-0.39, 0.29) is 5.92 Å². The number of rotatable bonds is 0. The second-order valence-electron chi connectivity index (χ2n) is 4.38. The first-order valence-corrected chi connectivity index (χ1v) is 6.84. The molecular weight excluding hydrogens is 235 g/mol. The molecule has 1 aromatic rings. The van der Waals surface area contributed by atoms with E-state index >= 15 is 0 Å². The van der Waals surface area contributed by atoms with Gasteiger partial charge >= 0.3 is 0 Å². The maximum atomic E-state index is 13.5. The van der Waals surface area contributed by atoms with E-state index in [0.717, 1.165) is 12.0 Å². The Morgan fingerprint density at radius 1 is 1.47 bits per heavy atom. The fourth-order valence-corrected chi connectivity index (χ4v) is 3.14. The van der Waals surface area contributed by atoms with Crippen LogP contribution in [0.1, 0.15) is 68.1 Å². The van der Waals surface area contributed by atoms with E-state index in [2.05, 4.69) is 19.9 Å². The SMILES string of the molecule is CC1CCC(F)c2sc(N)c(C#N)c21.CCC. The van der Waals surface area contributed by atoms with Crippen LogP contribution in [0.3, 0.4) is 0 Å². The number of nitrogens with zero attached hydrogens (tertiary/aromatic N) is 1. The fraction of sp³-hybridized carbons (Fsp3) is 0.615. The van der Waals surface area contributed by atoms with Crippen LogP contribution in [0.2, 0.25) is 0 Å². The third-order valence-electron chi connectivity index (χ3n) is 2.74. The number of nitriles is 1. The molecule has 0 fully saturated rings. The zero-order valence-corrected chi connectivity index (χ0v) is 11.4. The first kappa shape index (κ1) is 14.0. The monoisotopic (exact) mass is 254 g/mol. The van der Waals surface area contributed by atoms with Gasteiger partial charge in [0, 0.05) is 4.88 Å². The number of halogens is 1. The standard InChI is InChI=1S/C10H11FN2S.C3H8/c1-5-2-3-7(11)9-8(5)6(4-12)10(13)14-9;1-3-2/h5,7H,2-3,13H2,1H3;3H2,1-2H3. The zero-order chi connectivity index (χ0) is 13.0. The summed E-state index contributed by atoms with van der Waals surface area (Å²) >= 11 is 1.23. The molecule has 2 rings (SSSR count). The molecule has 2 unspecified atom stereocenters. The van der Waals surface area contributed by atoms with Crippen molar-refractivity contribution in [1.82, 2.24) is 0 Å². The molecule has 1 aliphatic carbocycles. The lowest BCUT2D eigenvalue weighted by atomic mass is 9.86. The average molecular weight is 254 g/mol. The Hall–Kier alpha value is -1.08. The molecule has 0 spiro atoms. The number of anilines is 1. The second kappa shape index (κ2) is 6.02. The number of thiophene rings is 1. The van der Waals surface area contributed by atoms with Gasteiger partial charge in [0.25, 0.3) is 0 Å². The van der Waals surface area contributed by atoms with Crippen molar-refractivity contribution in [3.05, 3.63) is 16.0 Å². The average Bonchev–Trinajstić information content (AvgIpc) is 2.63. The molecule has 0 radical (unpaired) electrons. The van der Waals surface area contributed by atoms with Crippen molar-refractivity contribution in [2.45, 2.75) is 52.1 Å². The largest absolute Gasteiger partial charge is 0.389 e. The van der Waals surface area contributed by atoms with Crippen LogP contribution < -0.4 is 5.73 Å². The van der Waals surface area contributed by atoms with E-state index in [4.69, 9.17) is 11.0 Å². The summed E-state index contributed by atoms with van der Waals surface area (Å²) in [5.41, 5.74) is 7.04. The van der Waals surface area contributed by atoms with E-state index in [0.29, 0.717) is 21.9 Å². The molecule has 2 atom stereocenters. The Morgan fingerprint density at radius 2 is 2.06 bits per heavy atom. The highest BCUT2D eigenvalue weighted by atomic mass is 32.1. The Bertz CT molecular complexity index is 420. The number of hydrogen-bond donors (Lipinski definition) is 1. The van der Waals surface area contributed by atoms with Crippen LogP contribution in [-0.2, 0) is 0 Å². The van der Waals surface area contributed by atoms with Crippen molar-refractivity contribution in [2.24, 2.45) is 0 Å². The summed E-state index contributed by atoms with van der Waals surface area (Å²) < 4.78 is 13.5. The molecular formula is C13H19FN2S. The topological polar surface area (TPSA) is 49.8 Å². The smallest absolute Gasteiger partial charge is 0.135 e. The van der Waals surface area contributed by atoms with Crippen LogP contribution in [-0.4, -0.2) is 0 Å². The molecule has 0 saturated carbocycles. The van der Waals surface area contributed by atoms with Gasteiger partial charge in [-0.3, -0.25) is 0 Å². The van der Waals surface area contributed by atoms with Crippen molar-refractivity contribution in [2.75, 3.05) is 5.73 Å². The van der Waals surface area contributed by atoms with Gasteiger partial charge < -0.3 is 5.73 Å².